The molecule has 1 fully saturated rings. The topological polar surface area (TPSA) is 71.5 Å². The van der Waals surface area contributed by atoms with Crippen molar-refractivity contribution >= 4 is 22.8 Å². The van der Waals surface area contributed by atoms with Gasteiger partial charge in [0.25, 0.3) is 5.91 Å². The molecule has 1 N–H and O–H groups in total. The van der Waals surface area contributed by atoms with Gasteiger partial charge in [0, 0.05) is 24.3 Å². The number of urea groups is 1. The number of nitrogens with one attached hydrogen (secondary N) is 1. The Labute approximate surface area is 132 Å². The van der Waals surface area contributed by atoms with Crippen molar-refractivity contribution in [3.05, 3.63) is 41.8 Å². The first-order valence-electron chi connectivity index (χ1n) is 7.11. The molecule has 1 aromatic carbocycles. The Balaban J connectivity index is 1.96. The van der Waals surface area contributed by atoms with Gasteiger partial charge < -0.3 is 10.1 Å². The summed E-state index contributed by atoms with van der Waals surface area (Å²) in [6.45, 7) is 1.62. The molecule has 0 bridgehead atoms. The number of methoxy groups -OCH3 is 1. The lowest BCUT2D eigenvalue weighted by molar-refractivity contribution is -0.132. The zero-order valence-corrected chi connectivity index (χ0v) is 12.8. The fourth-order valence-electron chi connectivity index (χ4n) is 2.80. The minimum Gasteiger partial charge on any atom is -0.382 e. The highest BCUT2D eigenvalue weighted by molar-refractivity contribution is 6.07. The summed E-state index contributed by atoms with van der Waals surface area (Å²) >= 11 is 0. The minimum atomic E-state index is -1.11. The molecule has 0 unspecified atom stereocenters. The molecular formula is C16H16FN3O3. The van der Waals surface area contributed by atoms with E-state index in [4.69, 9.17) is 4.74 Å². The number of aromatic nitrogens is 1. The van der Waals surface area contributed by atoms with Crippen LogP contribution < -0.4 is 5.32 Å². The third kappa shape index (κ3) is 2.63. The summed E-state index contributed by atoms with van der Waals surface area (Å²) in [7, 11) is 1.46. The molecule has 120 valence electrons. The van der Waals surface area contributed by atoms with Crippen LogP contribution in [-0.4, -0.2) is 41.1 Å². The Morgan fingerprint density at radius 1 is 1.39 bits per heavy atom. The number of nitrogens with zero attached hydrogens (tertiary/aromatic N) is 2. The van der Waals surface area contributed by atoms with Gasteiger partial charge in [-0.25, -0.2) is 9.18 Å². The molecule has 1 saturated heterocycles. The van der Waals surface area contributed by atoms with Crippen LogP contribution in [-0.2, 0) is 16.1 Å². The smallest absolute Gasteiger partial charge is 0.325 e. The Morgan fingerprint density at radius 2 is 2.17 bits per heavy atom. The number of imide groups is 1. The van der Waals surface area contributed by atoms with Gasteiger partial charge in [-0.1, -0.05) is 6.07 Å². The summed E-state index contributed by atoms with van der Waals surface area (Å²) in [4.78, 5) is 29.9. The van der Waals surface area contributed by atoms with Gasteiger partial charge in [-0.05, 0) is 25.1 Å². The molecule has 0 aliphatic carbocycles. The van der Waals surface area contributed by atoms with Crippen molar-refractivity contribution in [2.75, 3.05) is 13.7 Å². The van der Waals surface area contributed by atoms with Crippen molar-refractivity contribution in [3.8, 4) is 0 Å². The highest BCUT2D eigenvalue weighted by Crippen LogP contribution is 2.24. The van der Waals surface area contributed by atoms with Crippen LogP contribution in [0, 0.1) is 5.82 Å². The Hall–Kier alpha value is -2.54. The Bertz CT molecular complexity index is 795. The van der Waals surface area contributed by atoms with E-state index in [0.29, 0.717) is 16.5 Å². The third-order valence-corrected chi connectivity index (χ3v) is 3.86. The van der Waals surface area contributed by atoms with Gasteiger partial charge in [-0.3, -0.25) is 14.7 Å². The Morgan fingerprint density at radius 3 is 2.91 bits per heavy atom. The molecule has 1 aliphatic rings. The maximum Gasteiger partial charge on any atom is 0.325 e. The highest BCUT2D eigenvalue weighted by Gasteiger charge is 2.47. The first kappa shape index (κ1) is 15.4. The van der Waals surface area contributed by atoms with Gasteiger partial charge in [0.2, 0.25) is 0 Å². The molecule has 0 saturated carbocycles. The summed E-state index contributed by atoms with van der Waals surface area (Å²) in [6.07, 6.45) is 1.59. The van der Waals surface area contributed by atoms with Gasteiger partial charge in [0.05, 0.1) is 18.7 Å². The number of benzene rings is 1. The number of ether oxygens (including phenoxy) is 1. The summed E-state index contributed by atoms with van der Waals surface area (Å²) in [5, 5.41) is 3.23. The number of fused-ring (bicyclic) bond motifs is 1. The lowest BCUT2D eigenvalue weighted by Crippen LogP contribution is -2.47. The minimum absolute atomic E-state index is 0.0464. The predicted octanol–water partition coefficient (Wildman–Crippen LogP) is 1.83. The van der Waals surface area contributed by atoms with E-state index in [0.717, 1.165) is 4.90 Å². The maximum atomic E-state index is 13.8. The average molecular weight is 317 g/mol. The van der Waals surface area contributed by atoms with E-state index in [-0.39, 0.29) is 13.2 Å². The fourth-order valence-corrected chi connectivity index (χ4v) is 2.80. The first-order chi connectivity index (χ1) is 10.9. The van der Waals surface area contributed by atoms with Crippen molar-refractivity contribution in [1.82, 2.24) is 15.2 Å². The molecule has 6 nitrogen and oxygen atoms in total. The number of hydrogen-bond donors (Lipinski definition) is 1. The van der Waals surface area contributed by atoms with Crippen LogP contribution in [0.2, 0.25) is 0 Å². The molecule has 1 atom stereocenters. The zero-order valence-electron chi connectivity index (χ0n) is 12.8. The summed E-state index contributed by atoms with van der Waals surface area (Å²) < 4.78 is 18.8. The SMILES string of the molecule is COC[C@]1(C)NC(=O)N(Cc2cc(F)cc3cccnc23)C1=O. The number of hydrogen-bond acceptors (Lipinski definition) is 4. The van der Waals surface area contributed by atoms with Crippen LogP contribution in [0.5, 0.6) is 0 Å². The molecular weight excluding hydrogens is 301 g/mol. The van der Waals surface area contributed by atoms with Crippen molar-refractivity contribution < 1.29 is 18.7 Å². The van der Waals surface area contributed by atoms with Gasteiger partial charge in [-0.15, -0.1) is 0 Å². The molecule has 0 radical (unpaired) electrons. The average Bonchev–Trinajstić information content (AvgIpc) is 2.71. The lowest BCUT2D eigenvalue weighted by atomic mass is 10.0. The second kappa shape index (κ2) is 5.58. The largest absolute Gasteiger partial charge is 0.382 e. The summed E-state index contributed by atoms with van der Waals surface area (Å²) in [5.74, 6) is -0.843. The Kier molecular flexibility index (Phi) is 3.73. The van der Waals surface area contributed by atoms with Crippen molar-refractivity contribution in [2.45, 2.75) is 19.0 Å². The predicted molar refractivity (Wildman–Crippen MR) is 81.1 cm³/mol. The number of pyridine rings is 1. The van der Waals surface area contributed by atoms with Crippen LogP contribution >= 0.6 is 0 Å². The number of amides is 3. The highest BCUT2D eigenvalue weighted by atomic mass is 19.1. The van der Waals surface area contributed by atoms with E-state index in [1.165, 1.54) is 19.2 Å². The number of halogens is 1. The van der Waals surface area contributed by atoms with Crippen LogP contribution in [0.3, 0.4) is 0 Å². The van der Waals surface area contributed by atoms with Crippen LogP contribution in [0.4, 0.5) is 9.18 Å². The van der Waals surface area contributed by atoms with Gasteiger partial charge >= 0.3 is 6.03 Å². The monoisotopic (exact) mass is 317 g/mol. The normalized spacial score (nSPS) is 21.1. The molecule has 2 heterocycles. The van der Waals surface area contributed by atoms with Crippen molar-refractivity contribution in [2.24, 2.45) is 0 Å². The molecule has 23 heavy (non-hydrogen) atoms. The standard InChI is InChI=1S/C16H16FN3O3/c1-16(9-23-2)14(21)20(15(22)19-16)8-11-7-12(17)6-10-4-3-5-18-13(10)11/h3-7H,8-9H2,1-2H3,(H,19,22)/t16-/m0/s1. The molecule has 2 aromatic rings. The quantitative estimate of drug-likeness (QED) is 0.873. The molecule has 0 spiro atoms. The van der Waals surface area contributed by atoms with Crippen LogP contribution in [0.1, 0.15) is 12.5 Å². The van der Waals surface area contributed by atoms with Crippen molar-refractivity contribution in [1.29, 1.82) is 0 Å². The molecule has 7 heteroatoms. The molecule has 1 aliphatic heterocycles. The second-order valence-electron chi connectivity index (χ2n) is 5.73. The second-order valence-corrected chi connectivity index (χ2v) is 5.73. The van der Waals surface area contributed by atoms with E-state index < -0.39 is 23.3 Å². The van der Waals surface area contributed by atoms with Crippen molar-refractivity contribution in [3.63, 3.8) is 0 Å². The van der Waals surface area contributed by atoms with Gasteiger partial charge in [0.15, 0.2) is 0 Å². The number of carbonyl (C=O) groups excluding carboxylic acids is 2. The summed E-state index contributed by atoms with van der Waals surface area (Å²) in [5.41, 5.74) is -0.0665. The molecule has 1 aromatic heterocycles. The van der Waals surface area contributed by atoms with E-state index >= 15 is 0 Å². The number of carbonyl (C=O) groups is 2. The zero-order chi connectivity index (χ0) is 16.6. The first-order valence-corrected chi connectivity index (χ1v) is 7.11. The van der Waals surface area contributed by atoms with E-state index in [1.54, 1.807) is 25.3 Å². The van der Waals surface area contributed by atoms with Gasteiger partial charge in [-0.2, -0.15) is 0 Å². The van der Waals surface area contributed by atoms with Gasteiger partial charge in [0.1, 0.15) is 11.4 Å². The van der Waals surface area contributed by atoms with E-state index in [2.05, 4.69) is 10.3 Å². The third-order valence-electron chi connectivity index (χ3n) is 3.86. The summed E-state index contributed by atoms with van der Waals surface area (Å²) in [6, 6.07) is 5.57. The maximum absolute atomic E-state index is 13.8. The van der Waals surface area contributed by atoms with E-state index in [9.17, 15) is 14.0 Å². The van der Waals surface area contributed by atoms with Crippen LogP contribution in [0.15, 0.2) is 30.5 Å². The fraction of sp³-hybridized carbons (Fsp3) is 0.312. The molecule has 3 amide bonds. The lowest BCUT2D eigenvalue weighted by Gasteiger charge is -2.20. The van der Waals surface area contributed by atoms with E-state index in [1.807, 2.05) is 0 Å². The van der Waals surface area contributed by atoms with Crippen LogP contribution in [0.25, 0.3) is 10.9 Å². The molecule has 3 rings (SSSR count). The number of rotatable bonds is 4.